The van der Waals surface area contributed by atoms with E-state index in [4.69, 9.17) is 9.15 Å². The summed E-state index contributed by atoms with van der Waals surface area (Å²) >= 11 is 0. The van der Waals surface area contributed by atoms with Crippen LogP contribution in [0.25, 0.3) is 10.9 Å². The number of ether oxygens (including phenoxy) is 1. The molecule has 0 aliphatic carbocycles. The van der Waals surface area contributed by atoms with E-state index >= 15 is 0 Å². The molecule has 0 saturated heterocycles. The average molecular weight is 268 g/mol. The second kappa shape index (κ2) is 6.21. The Morgan fingerprint density at radius 2 is 2.10 bits per heavy atom. The third-order valence-electron chi connectivity index (χ3n) is 3.02. The first kappa shape index (κ1) is 12.7. The second-order valence-electron chi connectivity index (χ2n) is 4.43. The summed E-state index contributed by atoms with van der Waals surface area (Å²) in [5.74, 6) is 1.80. The van der Waals surface area contributed by atoms with Crippen LogP contribution >= 0.6 is 0 Å². The minimum atomic E-state index is 0.606. The highest BCUT2D eigenvalue weighted by atomic mass is 16.5. The number of nitrogens with zero attached hydrogens (tertiary/aromatic N) is 1. The first-order valence-electron chi connectivity index (χ1n) is 6.63. The molecule has 3 aromatic rings. The average Bonchev–Trinajstić information content (AvgIpc) is 3.00. The summed E-state index contributed by atoms with van der Waals surface area (Å²) in [6.45, 7) is 2.08. The van der Waals surface area contributed by atoms with Crippen LogP contribution < -0.4 is 10.1 Å². The number of benzene rings is 1. The van der Waals surface area contributed by atoms with E-state index in [1.807, 2.05) is 42.5 Å². The molecule has 2 heterocycles. The van der Waals surface area contributed by atoms with Gasteiger partial charge in [0, 0.05) is 18.1 Å². The van der Waals surface area contributed by atoms with E-state index in [9.17, 15) is 0 Å². The predicted molar refractivity (Wildman–Crippen MR) is 77.7 cm³/mol. The largest absolute Gasteiger partial charge is 0.492 e. The molecule has 0 aliphatic rings. The SMILES string of the molecule is c1coc(CNCCOc2cccc3ncccc23)c1. The van der Waals surface area contributed by atoms with Crippen LogP contribution in [0.3, 0.4) is 0 Å². The van der Waals surface area contributed by atoms with Crippen molar-refractivity contribution in [3.05, 3.63) is 60.7 Å². The molecule has 0 saturated carbocycles. The normalized spacial score (nSPS) is 10.8. The third-order valence-corrected chi connectivity index (χ3v) is 3.02. The Balaban J connectivity index is 1.52. The third kappa shape index (κ3) is 2.97. The zero-order valence-electron chi connectivity index (χ0n) is 11.1. The van der Waals surface area contributed by atoms with Gasteiger partial charge in [0.25, 0.3) is 0 Å². The van der Waals surface area contributed by atoms with Crippen molar-refractivity contribution in [2.75, 3.05) is 13.2 Å². The number of hydrogen-bond donors (Lipinski definition) is 1. The molecule has 3 rings (SSSR count). The Bertz CT molecular complexity index is 660. The Labute approximate surface area is 117 Å². The summed E-state index contributed by atoms with van der Waals surface area (Å²) in [4.78, 5) is 4.31. The van der Waals surface area contributed by atoms with Gasteiger partial charge >= 0.3 is 0 Å². The molecule has 0 spiro atoms. The van der Waals surface area contributed by atoms with Crippen molar-refractivity contribution >= 4 is 10.9 Å². The molecule has 4 nitrogen and oxygen atoms in total. The minimum Gasteiger partial charge on any atom is -0.492 e. The molecule has 0 radical (unpaired) electrons. The molecular weight excluding hydrogens is 252 g/mol. The lowest BCUT2D eigenvalue weighted by Gasteiger charge is -2.09. The van der Waals surface area contributed by atoms with Crippen molar-refractivity contribution in [2.45, 2.75) is 6.54 Å². The van der Waals surface area contributed by atoms with Crippen LogP contribution in [0.2, 0.25) is 0 Å². The van der Waals surface area contributed by atoms with E-state index < -0.39 is 0 Å². The van der Waals surface area contributed by atoms with Crippen LogP contribution in [0.15, 0.2) is 59.3 Å². The quantitative estimate of drug-likeness (QED) is 0.698. The number of rotatable bonds is 6. The predicted octanol–water partition coefficient (Wildman–Crippen LogP) is 3.00. The Kier molecular flexibility index (Phi) is 3.94. The van der Waals surface area contributed by atoms with E-state index in [1.165, 1.54) is 0 Å². The van der Waals surface area contributed by atoms with Crippen molar-refractivity contribution < 1.29 is 9.15 Å². The maximum atomic E-state index is 5.81. The summed E-state index contributed by atoms with van der Waals surface area (Å²) in [7, 11) is 0. The van der Waals surface area contributed by atoms with Gasteiger partial charge in [0.2, 0.25) is 0 Å². The van der Waals surface area contributed by atoms with E-state index in [2.05, 4.69) is 10.3 Å². The zero-order valence-corrected chi connectivity index (χ0v) is 11.1. The zero-order chi connectivity index (χ0) is 13.6. The fraction of sp³-hybridized carbons (Fsp3) is 0.188. The van der Waals surface area contributed by atoms with Crippen molar-refractivity contribution in [1.29, 1.82) is 0 Å². The summed E-state index contributed by atoms with van der Waals surface area (Å²) in [6, 6.07) is 13.7. The molecule has 4 heteroatoms. The molecule has 1 aromatic carbocycles. The van der Waals surface area contributed by atoms with E-state index in [0.29, 0.717) is 13.2 Å². The molecular formula is C16H16N2O2. The van der Waals surface area contributed by atoms with E-state index in [-0.39, 0.29) is 0 Å². The van der Waals surface area contributed by atoms with Gasteiger partial charge in [0.1, 0.15) is 18.1 Å². The van der Waals surface area contributed by atoms with Crippen molar-refractivity contribution in [3.63, 3.8) is 0 Å². The maximum absolute atomic E-state index is 5.81. The molecule has 20 heavy (non-hydrogen) atoms. The lowest BCUT2D eigenvalue weighted by molar-refractivity contribution is 0.314. The van der Waals surface area contributed by atoms with Crippen LogP contribution in [-0.4, -0.2) is 18.1 Å². The Hall–Kier alpha value is -2.33. The molecule has 0 aliphatic heterocycles. The van der Waals surface area contributed by atoms with Crippen LogP contribution in [-0.2, 0) is 6.54 Å². The van der Waals surface area contributed by atoms with Crippen LogP contribution in [0.5, 0.6) is 5.75 Å². The smallest absolute Gasteiger partial charge is 0.128 e. The number of furan rings is 1. The molecule has 0 amide bonds. The number of nitrogens with one attached hydrogen (secondary N) is 1. The van der Waals surface area contributed by atoms with Gasteiger partial charge in [-0.3, -0.25) is 4.98 Å². The standard InChI is InChI=1S/C16H16N2O2/c1-6-15-14(5-2-8-18-15)16(7-1)20-11-9-17-12-13-4-3-10-19-13/h1-8,10,17H,9,11-12H2. The van der Waals surface area contributed by atoms with Gasteiger partial charge in [-0.05, 0) is 36.4 Å². The second-order valence-corrected chi connectivity index (χ2v) is 4.43. The highest BCUT2D eigenvalue weighted by Crippen LogP contribution is 2.23. The number of pyridine rings is 1. The molecule has 0 bridgehead atoms. The molecule has 0 unspecified atom stereocenters. The monoisotopic (exact) mass is 268 g/mol. The fourth-order valence-corrected chi connectivity index (χ4v) is 2.06. The lowest BCUT2D eigenvalue weighted by Crippen LogP contribution is -2.20. The van der Waals surface area contributed by atoms with Crippen LogP contribution in [0, 0.1) is 0 Å². The van der Waals surface area contributed by atoms with Crippen LogP contribution in [0.1, 0.15) is 5.76 Å². The first-order chi connectivity index (χ1) is 9.93. The van der Waals surface area contributed by atoms with Crippen molar-refractivity contribution in [2.24, 2.45) is 0 Å². The molecule has 0 fully saturated rings. The minimum absolute atomic E-state index is 0.606. The molecule has 102 valence electrons. The van der Waals surface area contributed by atoms with Gasteiger partial charge in [-0.25, -0.2) is 0 Å². The van der Waals surface area contributed by atoms with Crippen molar-refractivity contribution in [3.8, 4) is 5.75 Å². The number of fused-ring (bicyclic) bond motifs is 1. The number of aromatic nitrogens is 1. The summed E-state index contributed by atoms with van der Waals surface area (Å²) in [5.41, 5.74) is 0.952. The fourth-order valence-electron chi connectivity index (χ4n) is 2.06. The maximum Gasteiger partial charge on any atom is 0.128 e. The van der Waals surface area contributed by atoms with Gasteiger partial charge < -0.3 is 14.5 Å². The summed E-state index contributed by atoms with van der Waals surface area (Å²) < 4.78 is 11.1. The topological polar surface area (TPSA) is 47.3 Å². The van der Waals surface area contributed by atoms with Gasteiger partial charge in [0.05, 0.1) is 18.3 Å². The Morgan fingerprint density at radius 1 is 1.10 bits per heavy atom. The van der Waals surface area contributed by atoms with Gasteiger partial charge in [-0.15, -0.1) is 0 Å². The van der Waals surface area contributed by atoms with Gasteiger partial charge in [0.15, 0.2) is 0 Å². The highest BCUT2D eigenvalue weighted by molar-refractivity contribution is 5.84. The summed E-state index contributed by atoms with van der Waals surface area (Å²) in [6.07, 6.45) is 3.47. The van der Waals surface area contributed by atoms with Crippen molar-refractivity contribution in [1.82, 2.24) is 10.3 Å². The number of hydrogen-bond acceptors (Lipinski definition) is 4. The van der Waals surface area contributed by atoms with E-state index in [0.717, 1.165) is 29.0 Å². The molecule has 0 atom stereocenters. The lowest BCUT2D eigenvalue weighted by atomic mass is 10.2. The summed E-state index contributed by atoms with van der Waals surface area (Å²) in [5, 5.41) is 4.31. The van der Waals surface area contributed by atoms with E-state index in [1.54, 1.807) is 12.5 Å². The Morgan fingerprint density at radius 3 is 3.00 bits per heavy atom. The highest BCUT2D eigenvalue weighted by Gasteiger charge is 2.01. The van der Waals surface area contributed by atoms with Crippen LogP contribution in [0.4, 0.5) is 0 Å². The molecule has 2 aromatic heterocycles. The first-order valence-corrected chi connectivity index (χ1v) is 6.63. The van der Waals surface area contributed by atoms with Gasteiger partial charge in [-0.2, -0.15) is 0 Å². The van der Waals surface area contributed by atoms with Gasteiger partial charge in [-0.1, -0.05) is 6.07 Å². The molecule has 1 N–H and O–H groups in total.